The summed E-state index contributed by atoms with van der Waals surface area (Å²) in [6.07, 6.45) is 0.663. The molecule has 0 atom stereocenters. The zero-order valence-corrected chi connectivity index (χ0v) is 17.7. The van der Waals surface area contributed by atoms with E-state index in [-0.39, 0.29) is 27.9 Å². The quantitative estimate of drug-likeness (QED) is 0.551. The Morgan fingerprint density at radius 2 is 1.63 bits per heavy atom. The largest absolute Gasteiger partial charge is 0.496 e. The summed E-state index contributed by atoms with van der Waals surface area (Å²) < 4.78 is 21.0. The minimum atomic E-state index is -0.717. The Balaban J connectivity index is 1.67. The number of rotatable bonds is 6. The summed E-state index contributed by atoms with van der Waals surface area (Å²) in [6, 6.07) is 6.58. The van der Waals surface area contributed by atoms with Crippen LogP contribution in [0.25, 0.3) is 0 Å². The highest BCUT2D eigenvalue weighted by Crippen LogP contribution is 2.33. The van der Waals surface area contributed by atoms with E-state index in [9.17, 15) is 9.59 Å². The van der Waals surface area contributed by atoms with Crippen LogP contribution in [0.15, 0.2) is 24.3 Å². The van der Waals surface area contributed by atoms with Crippen LogP contribution in [0.3, 0.4) is 0 Å². The lowest BCUT2D eigenvalue weighted by atomic mass is 9.99. The summed E-state index contributed by atoms with van der Waals surface area (Å²) >= 11 is 5.98. The molecule has 1 aliphatic rings. The Labute approximate surface area is 179 Å². The molecule has 0 saturated carbocycles. The molecule has 0 saturated heterocycles. The number of amides is 1. The maximum absolute atomic E-state index is 12.6. The summed E-state index contributed by atoms with van der Waals surface area (Å²) in [5, 5.41) is 0.200. The summed E-state index contributed by atoms with van der Waals surface area (Å²) in [6.45, 7) is 0.506. The van der Waals surface area contributed by atoms with E-state index >= 15 is 0 Å². The summed E-state index contributed by atoms with van der Waals surface area (Å²) in [7, 11) is 4.55. The number of anilines is 1. The van der Waals surface area contributed by atoms with Crippen molar-refractivity contribution in [3.05, 3.63) is 46.0 Å². The van der Waals surface area contributed by atoms with Crippen molar-refractivity contribution in [1.29, 1.82) is 0 Å². The fraction of sp³-hybridized carbons (Fsp3) is 0.333. The number of fused-ring (bicyclic) bond motifs is 1. The van der Waals surface area contributed by atoms with E-state index in [1.54, 1.807) is 19.1 Å². The van der Waals surface area contributed by atoms with Crippen molar-refractivity contribution in [2.24, 2.45) is 0 Å². The Bertz CT molecular complexity index is 978. The Kier molecular flexibility index (Phi) is 6.56. The van der Waals surface area contributed by atoms with Gasteiger partial charge in [0, 0.05) is 19.2 Å². The van der Waals surface area contributed by atoms with E-state index in [1.807, 2.05) is 12.1 Å². The number of esters is 1. The van der Waals surface area contributed by atoms with E-state index in [0.717, 1.165) is 11.1 Å². The SMILES string of the molecule is COc1cc2c(cc1OC)CN(C(=O)COC(=O)c1cc(Cl)c(N)cc1OC)CC2. The number of nitrogen functional groups attached to an aromatic ring is 1. The highest BCUT2D eigenvalue weighted by Gasteiger charge is 2.24. The highest BCUT2D eigenvalue weighted by atomic mass is 35.5. The van der Waals surface area contributed by atoms with Gasteiger partial charge < -0.3 is 29.6 Å². The molecule has 1 amide bonds. The standard InChI is InChI=1S/C21H23ClN2O6/c1-27-17-9-16(23)15(22)8-14(17)21(26)30-11-20(25)24-5-4-12-6-18(28-2)19(29-3)7-13(12)10-24/h6-9H,4-5,10-11,23H2,1-3H3. The number of methoxy groups -OCH3 is 3. The number of benzene rings is 2. The number of carbonyl (C=O) groups is 2. The second-order valence-corrected chi connectivity index (χ2v) is 7.10. The van der Waals surface area contributed by atoms with Crippen molar-refractivity contribution in [3.8, 4) is 17.2 Å². The molecule has 0 unspecified atom stereocenters. The average molecular weight is 435 g/mol. The molecule has 2 aromatic rings. The van der Waals surface area contributed by atoms with Crippen molar-refractivity contribution in [2.45, 2.75) is 13.0 Å². The number of hydrogen-bond donors (Lipinski definition) is 1. The van der Waals surface area contributed by atoms with E-state index in [1.165, 1.54) is 19.2 Å². The third kappa shape index (κ3) is 4.38. The normalized spacial score (nSPS) is 12.7. The molecule has 1 aliphatic heterocycles. The minimum absolute atomic E-state index is 0.102. The van der Waals surface area contributed by atoms with Gasteiger partial charge in [0.05, 0.1) is 32.0 Å². The molecule has 3 rings (SSSR count). The molecule has 30 heavy (non-hydrogen) atoms. The van der Waals surface area contributed by atoms with Crippen LogP contribution in [0, 0.1) is 0 Å². The summed E-state index contributed by atoms with van der Waals surface area (Å²) in [5.74, 6) is 0.461. The van der Waals surface area contributed by atoms with Gasteiger partial charge in [-0.1, -0.05) is 11.6 Å². The fourth-order valence-corrected chi connectivity index (χ4v) is 3.45. The predicted molar refractivity (Wildman–Crippen MR) is 111 cm³/mol. The summed E-state index contributed by atoms with van der Waals surface area (Å²) in [5.41, 5.74) is 8.16. The van der Waals surface area contributed by atoms with Gasteiger partial charge in [-0.15, -0.1) is 0 Å². The lowest BCUT2D eigenvalue weighted by Gasteiger charge is -2.29. The Morgan fingerprint density at radius 3 is 2.27 bits per heavy atom. The first-order chi connectivity index (χ1) is 14.4. The maximum atomic E-state index is 12.6. The van der Waals surface area contributed by atoms with Crippen LogP contribution in [0.2, 0.25) is 5.02 Å². The van der Waals surface area contributed by atoms with Crippen molar-refractivity contribution < 1.29 is 28.5 Å². The number of halogens is 1. The van der Waals surface area contributed by atoms with Crippen molar-refractivity contribution >= 4 is 29.2 Å². The first kappa shape index (κ1) is 21.6. The number of ether oxygens (including phenoxy) is 4. The number of hydrogen-bond acceptors (Lipinski definition) is 7. The third-order valence-electron chi connectivity index (χ3n) is 4.94. The van der Waals surface area contributed by atoms with Gasteiger partial charge in [0.1, 0.15) is 11.3 Å². The van der Waals surface area contributed by atoms with E-state index in [0.29, 0.717) is 31.0 Å². The highest BCUT2D eigenvalue weighted by molar-refractivity contribution is 6.33. The van der Waals surface area contributed by atoms with Crippen LogP contribution < -0.4 is 19.9 Å². The molecule has 0 bridgehead atoms. The molecule has 0 radical (unpaired) electrons. The topological polar surface area (TPSA) is 100 Å². The molecule has 0 aromatic heterocycles. The molecule has 2 N–H and O–H groups in total. The van der Waals surface area contributed by atoms with Crippen LogP contribution in [0.4, 0.5) is 5.69 Å². The molecular weight excluding hydrogens is 412 g/mol. The second kappa shape index (κ2) is 9.13. The van der Waals surface area contributed by atoms with Crippen molar-refractivity contribution in [1.82, 2.24) is 4.90 Å². The number of nitrogens with two attached hydrogens (primary N) is 1. The number of carbonyl (C=O) groups excluding carboxylic acids is 2. The van der Waals surface area contributed by atoms with Crippen LogP contribution in [-0.4, -0.2) is 51.3 Å². The number of nitrogens with zero attached hydrogens (tertiary/aromatic N) is 1. The van der Waals surface area contributed by atoms with Gasteiger partial charge >= 0.3 is 5.97 Å². The third-order valence-corrected chi connectivity index (χ3v) is 5.26. The Morgan fingerprint density at radius 1 is 1.00 bits per heavy atom. The van der Waals surface area contributed by atoms with Gasteiger partial charge in [0.15, 0.2) is 18.1 Å². The van der Waals surface area contributed by atoms with Crippen LogP contribution in [-0.2, 0) is 22.5 Å². The molecule has 0 aliphatic carbocycles. The van der Waals surface area contributed by atoms with Crippen LogP contribution >= 0.6 is 11.6 Å². The lowest BCUT2D eigenvalue weighted by Crippen LogP contribution is -2.38. The molecule has 1 heterocycles. The van der Waals surface area contributed by atoms with Crippen LogP contribution in [0.1, 0.15) is 21.5 Å². The van der Waals surface area contributed by atoms with Gasteiger partial charge in [0.25, 0.3) is 5.91 Å². The molecular formula is C21H23ClN2O6. The van der Waals surface area contributed by atoms with Crippen molar-refractivity contribution in [3.63, 3.8) is 0 Å². The molecule has 8 nitrogen and oxygen atoms in total. The molecule has 160 valence electrons. The van der Waals surface area contributed by atoms with Gasteiger partial charge in [-0.25, -0.2) is 4.79 Å². The van der Waals surface area contributed by atoms with E-state index in [4.69, 9.17) is 36.3 Å². The van der Waals surface area contributed by atoms with Gasteiger partial charge in [-0.3, -0.25) is 4.79 Å². The first-order valence-corrected chi connectivity index (χ1v) is 9.57. The first-order valence-electron chi connectivity index (χ1n) is 9.19. The average Bonchev–Trinajstić information content (AvgIpc) is 2.77. The smallest absolute Gasteiger partial charge is 0.342 e. The monoisotopic (exact) mass is 434 g/mol. The van der Waals surface area contributed by atoms with E-state index in [2.05, 4.69) is 0 Å². The van der Waals surface area contributed by atoms with Gasteiger partial charge in [-0.2, -0.15) is 0 Å². The fourth-order valence-electron chi connectivity index (χ4n) is 3.29. The van der Waals surface area contributed by atoms with Crippen LogP contribution in [0.5, 0.6) is 17.2 Å². The van der Waals surface area contributed by atoms with Crippen molar-refractivity contribution in [2.75, 3.05) is 40.2 Å². The zero-order valence-electron chi connectivity index (χ0n) is 17.0. The maximum Gasteiger partial charge on any atom is 0.342 e. The second-order valence-electron chi connectivity index (χ2n) is 6.69. The lowest BCUT2D eigenvalue weighted by molar-refractivity contribution is -0.135. The molecule has 0 fully saturated rings. The predicted octanol–water partition coefficient (Wildman–Crippen LogP) is 2.69. The minimum Gasteiger partial charge on any atom is -0.496 e. The molecule has 9 heteroatoms. The zero-order chi connectivity index (χ0) is 21.8. The van der Waals surface area contributed by atoms with Gasteiger partial charge in [-0.05, 0) is 35.7 Å². The van der Waals surface area contributed by atoms with E-state index < -0.39 is 12.6 Å². The van der Waals surface area contributed by atoms with Gasteiger partial charge in [0.2, 0.25) is 0 Å². The summed E-state index contributed by atoms with van der Waals surface area (Å²) in [4.78, 5) is 26.7. The molecule has 2 aromatic carbocycles. The Hall–Kier alpha value is -3.13. The molecule has 0 spiro atoms.